The Balaban J connectivity index is 1.96. The second kappa shape index (κ2) is 33.8. The molecule has 60 heavy (non-hydrogen) atoms. The quantitative estimate of drug-likeness (QED) is 0.0207. The van der Waals surface area contributed by atoms with Crippen LogP contribution in [0.25, 0.3) is 0 Å². The Bertz CT molecular complexity index is 1120. The van der Waals surface area contributed by atoms with E-state index in [1.54, 1.807) is 0 Å². The van der Waals surface area contributed by atoms with E-state index in [1.807, 2.05) is 6.92 Å². The smallest absolute Gasteiger partial charge is 0.331 e. The highest BCUT2D eigenvalue weighted by Gasteiger charge is 2.53. The molecule has 0 aromatic carbocycles. The molecule has 0 aromatic heterocycles. The number of unbranched alkanes of at least 4 members (excludes halogenated alkanes) is 24. The van der Waals surface area contributed by atoms with E-state index >= 15 is 0 Å². The van der Waals surface area contributed by atoms with Gasteiger partial charge in [-0.05, 0) is 26.2 Å². The molecule has 0 bridgehead atoms. The van der Waals surface area contributed by atoms with Crippen molar-refractivity contribution in [3.05, 3.63) is 11.6 Å². The predicted octanol–water partition coefficient (Wildman–Crippen LogP) is 7.61. The second-order valence-corrected chi connectivity index (χ2v) is 17.4. The van der Waals surface area contributed by atoms with E-state index < -0.39 is 86.6 Å². The van der Waals surface area contributed by atoms with Gasteiger partial charge in [-0.3, -0.25) is 4.79 Å². The Morgan fingerprint density at radius 2 is 0.883 bits per heavy atom. The van der Waals surface area contributed by atoms with Crippen molar-refractivity contribution in [2.75, 3.05) is 13.2 Å². The van der Waals surface area contributed by atoms with Gasteiger partial charge in [0.25, 0.3) is 0 Å². The fourth-order valence-electron chi connectivity index (χ4n) is 8.08. The summed E-state index contributed by atoms with van der Waals surface area (Å²) in [5.74, 6) is -1.44. The zero-order valence-corrected chi connectivity index (χ0v) is 37.6. The Kier molecular flexibility index (Phi) is 30.7. The number of allylic oxidation sites excluding steroid dienone is 1. The SMILES string of the molecule is CCCCCCCCCCCCCCCC(=O)O[C@H]1[C@@H](O[C@H]2O[C@H](CO)[C@@H](O)[C@H](O)[C@H]2O)O[C@H](CO)[C@@H](O)[C@@H]1OC(=O)/C=C(\C)CCCCCCCCCCCCCCC. The normalized spacial score (nSPS) is 27.2. The largest absolute Gasteiger partial charge is 0.453 e. The average molecular weight is 859 g/mol. The molecule has 2 aliphatic rings. The minimum atomic E-state index is -1.82. The molecule has 2 saturated heterocycles. The van der Waals surface area contributed by atoms with Crippen molar-refractivity contribution in [3.8, 4) is 0 Å². The van der Waals surface area contributed by atoms with Gasteiger partial charge < -0.3 is 54.3 Å². The maximum atomic E-state index is 13.3. The van der Waals surface area contributed by atoms with Crippen LogP contribution in [0.1, 0.15) is 201 Å². The third-order valence-electron chi connectivity index (χ3n) is 12.0. The van der Waals surface area contributed by atoms with E-state index in [0.29, 0.717) is 12.8 Å². The molecule has 2 aliphatic heterocycles. The van der Waals surface area contributed by atoms with Crippen LogP contribution in [0.15, 0.2) is 11.6 Å². The molecule has 2 heterocycles. The fourth-order valence-corrected chi connectivity index (χ4v) is 8.08. The molecule has 2 fully saturated rings. The molecule has 6 N–H and O–H groups in total. The minimum Gasteiger partial charge on any atom is -0.453 e. The van der Waals surface area contributed by atoms with Crippen LogP contribution in [0, 0.1) is 0 Å². The van der Waals surface area contributed by atoms with Crippen molar-refractivity contribution in [2.45, 2.75) is 262 Å². The number of hydrogen-bond acceptors (Lipinski definition) is 13. The van der Waals surface area contributed by atoms with Gasteiger partial charge in [-0.25, -0.2) is 4.79 Å². The average Bonchev–Trinajstić information content (AvgIpc) is 3.23. The first-order valence-electron chi connectivity index (χ1n) is 24.0. The molecule has 0 saturated carbocycles. The van der Waals surface area contributed by atoms with E-state index in [0.717, 1.165) is 50.5 Å². The minimum absolute atomic E-state index is 0.0410. The standard InChI is InChI=1S/C47H86O13/c1-4-6-8-10-12-14-16-18-20-22-24-26-28-30-35(3)32-39(51)59-44-41(53)37(34-49)57-47(60-46-43(55)42(54)40(52)36(33-48)56-46)45(44)58-38(50)31-29-27-25-23-21-19-17-15-13-11-9-7-5-2/h32,36-37,40-49,52-55H,4-31,33-34H2,1-3H3/b35-32+/t36-,37-,40-,41-,42+,43-,44+,45-,46-,47-/m1/s1. The van der Waals surface area contributed by atoms with Crippen LogP contribution in [0.2, 0.25) is 0 Å². The summed E-state index contributed by atoms with van der Waals surface area (Å²) < 4.78 is 28.7. The summed E-state index contributed by atoms with van der Waals surface area (Å²) >= 11 is 0. The zero-order valence-electron chi connectivity index (χ0n) is 37.6. The van der Waals surface area contributed by atoms with Gasteiger partial charge >= 0.3 is 11.9 Å². The van der Waals surface area contributed by atoms with E-state index in [1.165, 1.54) is 122 Å². The molecule has 13 heteroatoms. The molecular weight excluding hydrogens is 773 g/mol. The molecular formula is C47H86O13. The van der Waals surface area contributed by atoms with Crippen molar-refractivity contribution in [2.24, 2.45) is 0 Å². The highest BCUT2D eigenvalue weighted by molar-refractivity contribution is 5.83. The van der Waals surface area contributed by atoms with E-state index in [9.17, 15) is 40.2 Å². The van der Waals surface area contributed by atoms with Gasteiger partial charge in [0, 0.05) is 12.5 Å². The summed E-state index contributed by atoms with van der Waals surface area (Å²) in [4.78, 5) is 26.6. The van der Waals surface area contributed by atoms with Gasteiger partial charge in [0.05, 0.1) is 13.2 Å². The number of ether oxygens (including phenoxy) is 5. The number of aliphatic hydroxyl groups excluding tert-OH is 6. The molecule has 0 amide bonds. The summed E-state index contributed by atoms with van der Waals surface area (Å²) in [6.07, 6.45) is 17.0. The third-order valence-corrected chi connectivity index (χ3v) is 12.0. The van der Waals surface area contributed by atoms with Crippen molar-refractivity contribution >= 4 is 11.9 Å². The number of esters is 2. The van der Waals surface area contributed by atoms with E-state index in [-0.39, 0.29) is 6.42 Å². The van der Waals surface area contributed by atoms with Gasteiger partial charge in [0.2, 0.25) is 6.29 Å². The molecule has 0 aromatic rings. The van der Waals surface area contributed by atoms with Gasteiger partial charge in [-0.2, -0.15) is 0 Å². The molecule has 0 spiro atoms. The highest BCUT2D eigenvalue weighted by atomic mass is 16.8. The molecule has 13 nitrogen and oxygen atoms in total. The lowest BCUT2D eigenvalue weighted by molar-refractivity contribution is -0.376. The summed E-state index contributed by atoms with van der Waals surface area (Å²) in [5.41, 5.74) is 0.786. The fraction of sp³-hybridized carbons (Fsp3) is 0.915. The summed E-state index contributed by atoms with van der Waals surface area (Å²) in [5, 5.41) is 62.4. The Morgan fingerprint density at radius 3 is 1.33 bits per heavy atom. The van der Waals surface area contributed by atoms with Gasteiger partial charge in [-0.1, -0.05) is 174 Å². The van der Waals surface area contributed by atoms with Crippen LogP contribution in [0.4, 0.5) is 0 Å². The second-order valence-electron chi connectivity index (χ2n) is 17.4. The first kappa shape index (κ1) is 54.5. The maximum absolute atomic E-state index is 13.3. The molecule has 0 radical (unpaired) electrons. The van der Waals surface area contributed by atoms with Crippen molar-refractivity contribution < 1.29 is 63.9 Å². The van der Waals surface area contributed by atoms with Crippen molar-refractivity contribution in [1.82, 2.24) is 0 Å². The lowest BCUT2D eigenvalue weighted by Crippen LogP contribution is -2.65. The molecule has 0 aliphatic carbocycles. The Hall–Kier alpha value is -1.68. The lowest BCUT2D eigenvalue weighted by Gasteiger charge is -2.46. The van der Waals surface area contributed by atoms with Crippen LogP contribution in [0.3, 0.4) is 0 Å². The van der Waals surface area contributed by atoms with Crippen LogP contribution < -0.4 is 0 Å². The monoisotopic (exact) mass is 859 g/mol. The van der Waals surface area contributed by atoms with Crippen LogP contribution in [-0.2, 0) is 33.3 Å². The Morgan fingerprint density at radius 1 is 0.483 bits per heavy atom. The number of carbonyl (C=O) groups excluding carboxylic acids is 2. The van der Waals surface area contributed by atoms with Crippen molar-refractivity contribution in [3.63, 3.8) is 0 Å². The van der Waals surface area contributed by atoms with E-state index in [4.69, 9.17) is 23.7 Å². The number of aliphatic hydroxyl groups is 6. The predicted molar refractivity (Wildman–Crippen MR) is 231 cm³/mol. The number of hydrogen-bond donors (Lipinski definition) is 6. The first-order valence-corrected chi connectivity index (χ1v) is 24.0. The van der Waals surface area contributed by atoms with Crippen molar-refractivity contribution in [1.29, 1.82) is 0 Å². The molecule has 0 unspecified atom stereocenters. The molecule has 352 valence electrons. The first-order chi connectivity index (χ1) is 29.1. The van der Waals surface area contributed by atoms with Gasteiger partial charge in [0.1, 0.15) is 36.6 Å². The van der Waals surface area contributed by atoms with Crippen LogP contribution in [0.5, 0.6) is 0 Å². The summed E-state index contributed by atoms with van der Waals surface area (Å²) in [7, 11) is 0. The van der Waals surface area contributed by atoms with Crippen LogP contribution in [-0.4, -0.2) is 117 Å². The molecule has 2 rings (SSSR count). The summed E-state index contributed by atoms with van der Waals surface area (Å²) in [6.45, 7) is 4.86. The Labute approximate surface area is 361 Å². The molecule has 10 atom stereocenters. The summed E-state index contributed by atoms with van der Waals surface area (Å²) in [6, 6.07) is 0. The topological polar surface area (TPSA) is 202 Å². The lowest BCUT2D eigenvalue weighted by atomic mass is 9.97. The van der Waals surface area contributed by atoms with Gasteiger partial charge in [0.15, 0.2) is 18.5 Å². The van der Waals surface area contributed by atoms with Crippen LogP contribution >= 0.6 is 0 Å². The third kappa shape index (κ3) is 22.1. The highest BCUT2D eigenvalue weighted by Crippen LogP contribution is 2.32. The van der Waals surface area contributed by atoms with Gasteiger partial charge in [-0.15, -0.1) is 0 Å². The number of carbonyl (C=O) groups is 2. The number of rotatable bonds is 35. The van der Waals surface area contributed by atoms with E-state index in [2.05, 4.69) is 13.8 Å². The zero-order chi connectivity index (χ0) is 44.0. The maximum Gasteiger partial charge on any atom is 0.331 e.